The molecule has 1 heterocycles. The first-order valence-corrected chi connectivity index (χ1v) is 5.42. The van der Waals surface area contributed by atoms with Gasteiger partial charge in [0.1, 0.15) is 11.9 Å². The average molecular weight is 247 g/mol. The standard InChI is InChI=1S/C11H12Cl2O2/c1-11(2)10(15-11)7-4-6(12)5-8(13)9(7)14-3/h4-5,10H,1-3H3. The second-order valence-corrected chi connectivity index (χ2v) is 4.96. The number of rotatable bonds is 2. The molecule has 0 amide bonds. The maximum absolute atomic E-state index is 6.03. The minimum absolute atomic E-state index is 0.0173. The van der Waals surface area contributed by atoms with Crippen LogP contribution in [0.25, 0.3) is 0 Å². The lowest BCUT2D eigenvalue weighted by molar-refractivity contribution is 0.322. The van der Waals surface area contributed by atoms with Crippen LogP contribution in [-0.4, -0.2) is 12.7 Å². The highest BCUT2D eigenvalue weighted by Crippen LogP contribution is 2.53. The average Bonchev–Trinajstić information content (AvgIpc) is 2.74. The van der Waals surface area contributed by atoms with Crippen molar-refractivity contribution in [2.75, 3.05) is 7.11 Å². The molecule has 1 saturated heterocycles. The Morgan fingerprint density at radius 2 is 1.93 bits per heavy atom. The van der Waals surface area contributed by atoms with Gasteiger partial charge in [-0.2, -0.15) is 0 Å². The Bertz CT molecular complexity index is 402. The molecular weight excluding hydrogens is 235 g/mol. The molecule has 82 valence electrons. The second-order valence-electron chi connectivity index (χ2n) is 4.11. The third-order valence-electron chi connectivity index (χ3n) is 2.52. The summed E-state index contributed by atoms with van der Waals surface area (Å²) >= 11 is 12.0. The van der Waals surface area contributed by atoms with Gasteiger partial charge in [-0.15, -0.1) is 0 Å². The van der Waals surface area contributed by atoms with E-state index in [4.69, 9.17) is 32.7 Å². The van der Waals surface area contributed by atoms with E-state index in [2.05, 4.69) is 0 Å². The molecule has 1 fully saturated rings. The van der Waals surface area contributed by atoms with Gasteiger partial charge in [-0.05, 0) is 26.0 Å². The fraction of sp³-hybridized carbons (Fsp3) is 0.455. The maximum atomic E-state index is 6.03. The number of hydrogen-bond donors (Lipinski definition) is 0. The van der Waals surface area contributed by atoms with E-state index in [1.54, 1.807) is 13.2 Å². The van der Waals surface area contributed by atoms with E-state index >= 15 is 0 Å². The molecule has 2 nitrogen and oxygen atoms in total. The van der Waals surface area contributed by atoms with Crippen LogP contribution in [0.4, 0.5) is 0 Å². The predicted molar refractivity (Wildman–Crippen MR) is 60.9 cm³/mol. The summed E-state index contributed by atoms with van der Waals surface area (Å²) in [4.78, 5) is 0. The molecule has 1 aromatic rings. The van der Waals surface area contributed by atoms with Gasteiger partial charge in [0, 0.05) is 10.6 Å². The number of ether oxygens (including phenoxy) is 2. The van der Waals surface area contributed by atoms with Crippen molar-refractivity contribution in [3.05, 3.63) is 27.7 Å². The van der Waals surface area contributed by atoms with Crippen LogP contribution >= 0.6 is 23.2 Å². The molecule has 0 N–H and O–H groups in total. The largest absolute Gasteiger partial charge is 0.495 e. The van der Waals surface area contributed by atoms with Gasteiger partial charge in [0.25, 0.3) is 0 Å². The van der Waals surface area contributed by atoms with Crippen molar-refractivity contribution in [1.29, 1.82) is 0 Å². The number of halogens is 2. The van der Waals surface area contributed by atoms with Crippen molar-refractivity contribution < 1.29 is 9.47 Å². The molecular formula is C11H12Cl2O2. The molecule has 15 heavy (non-hydrogen) atoms. The number of epoxide rings is 1. The van der Waals surface area contributed by atoms with Gasteiger partial charge >= 0.3 is 0 Å². The number of benzene rings is 1. The molecule has 4 heteroatoms. The molecule has 1 atom stereocenters. The minimum atomic E-state index is -0.151. The van der Waals surface area contributed by atoms with Gasteiger partial charge in [-0.1, -0.05) is 23.2 Å². The summed E-state index contributed by atoms with van der Waals surface area (Å²) in [7, 11) is 1.59. The summed E-state index contributed by atoms with van der Waals surface area (Å²) in [6, 6.07) is 3.51. The van der Waals surface area contributed by atoms with E-state index in [1.807, 2.05) is 19.9 Å². The van der Waals surface area contributed by atoms with Crippen LogP contribution in [0.5, 0.6) is 5.75 Å². The zero-order valence-corrected chi connectivity index (χ0v) is 10.3. The highest BCUT2D eigenvalue weighted by Gasteiger charge is 2.50. The van der Waals surface area contributed by atoms with E-state index in [-0.39, 0.29) is 11.7 Å². The Morgan fingerprint density at radius 3 is 2.40 bits per heavy atom. The lowest BCUT2D eigenvalue weighted by Gasteiger charge is -2.09. The lowest BCUT2D eigenvalue weighted by Crippen LogP contribution is -2.00. The highest BCUT2D eigenvalue weighted by atomic mass is 35.5. The Morgan fingerprint density at radius 1 is 1.33 bits per heavy atom. The molecule has 0 spiro atoms. The zero-order valence-electron chi connectivity index (χ0n) is 8.80. The quantitative estimate of drug-likeness (QED) is 0.740. The smallest absolute Gasteiger partial charge is 0.143 e. The third kappa shape index (κ3) is 1.94. The molecule has 0 bridgehead atoms. The Balaban J connectivity index is 2.46. The molecule has 0 radical (unpaired) electrons. The van der Waals surface area contributed by atoms with Crippen LogP contribution in [-0.2, 0) is 4.74 Å². The van der Waals surface area contributed by atoms with Crippen LogP contribution in [0, 0.1) is 0 Å². The molecule has 1 aliphatic rings. The third-order valence-corrected chi connectivity index (χ3v) is 3.02. The maximum Gasteiger partial charge on any atom is 0.143 e. The van der Waals surface area contributed by atoms with Crippen LogP contribution < -0.4 is 4.74 Å². The molecule has 0 aliphatic carbocycles. The molecule has 2 rings (SSSR count). The highest BCUT2D eigenvalue weighted by molar-refractivity contribution is 6.35. The Labute approximate surface area is 99.1 Å². The molecule has 1 unspecified atom stereocenters. The molecule has 1 aliphatic heterocycles. The van der Waals surface area contributed by atoms with Crippen molar-refractivity contribution in [3.8, 4) is 5.75 Å². The first-order valence-electron chi connectivity index (χ1n) is 4.66. The van der Waals surface area contributed by atoms with E-state index in [0.717, 1.165) is 5.56 Å². The van der Waals surface area contributed by atoms with E-state index < -0.39 is 0 Å². The summed E-state index contributed by atoms with van der Waals surface area (Å²) in [5.41, 5.74) is 0.765. The van der Waals surface area contributed by atoms with Gasteiger partial charge in [0.2, 0.25) is 0 Å². The SMILES string of the molecule is COc1c(Cl)cc(Cl)cc1C1OC1(C)C. The molecule has 1 aromatic carbocycles. The number of hydrogen-bond acceptors (Lipinski definition) is 2. The summed E-state index contributed by atoms with van der Waals surface area (Å²) in [5, 5.41) is 1.12. The van der Waals surface area contributed by atoms with Crippen LogP contribution in [0.1, 0.15) is 25.5 Å². The summed E-state index contributed by atoms with van der Waals surface area (Å²) in [5.74, 6) is 0.650. The van der Waals surface area contributed by atoms with Crippen LogP contribution in [0.15, 0.2) is 12.1 Å². The second kappa shape index (κ2) is 3.55. The van der Waals surface area contributed by atoms with E-state index in [1.165, 1.54) is 0 Å². The van der Waals surface area contributed by atoms with E-state index in [0.29, 0.717) is 15.8 Å². The van der Waals surface area contributed by atoms with Gasteiger partial charge in [-0.3, -0.25) is 0 Å². The normalized spacial score (nSPS) is 22.6. The fourth-order valence-electron chi connectivity index (χ4n) is 1.70. The summed E-state index contributed by atoms with van der Waals surface area (Å²) < 4.78 is 10.8. The Hall–Kier alpha value is -0.440. The van der Waals surface area contributed by atoms with Crippen molar-refractivity contribution in [3.63, 3.8) is 0 Å². The van der Waals surface area contributed by atoms with Crippen molar-refractivity contribution in [2.45, 2.75) is 25.6 Å². The monoisotopic (exact) mass is 246 g/mol. The fourth-order valence-corrected chi connectivity index (χ4v) is 2.28. The first-order chi connectivity index (χ1) is 6.95. The van der Waals surface area contributed by atoms with Gasteiger partial charge in [-0.25, -0.2) is 0 Å². The van der Waals surface area contributed by atoms with Gasteiger partial charge in [0.15, 0.2) is 0 Å². The van der Waals surface area contributed by atoms with E-state index in [9.17, 15) is 0 Å². The molecule has 0 aromatic heterocycles. The van der Waals surface area contributed by atoms with Gasteiger partial charge < -0.3 is 9.47 Å². The summed E-state index contributed by atoms with van der Waals surface area (Å²) in [6.45, 7) is 4.04. The Kier molecular flexibility index (Phi) is 2.61. The van der Waals surface area contributed by atoms with Crippen molar-refractivity contribution >= 4 is 23.2 Å². The molecule has 0 saturated carbocycles. The number of methoxy groups -OCH3 is 1. The van der Waals surface area contributed by atoms with Gasteiger partial charge in [0.05, 0.1) is 17.7 Å². The van der Waals surface area contributed by atoms with Crippen molar-refractivity contribution in [1.82, 2.24) is 0 Å². The first kappa shape index (κ1) is 11.1. The zero-order chi connectivity index (χ0) is 11.2. The summed E-state index contributed by atoms with van der Waals surface area (Å²) in [6.07, 6.45) is 0.0173. The predicted octanol–water partition coefficient (Wildman–Crippen LogP) is 3.85. The van der Waals surface area contributed by atoms with Crippen LogP contribution in [0.2, 0.25) is 10.0 Å². The lowest BCUT2D eigenvalue weighted by atomic mass is 10.0. The minimum Gasteiger partial charge on any atom is -0.495 e. The topological polar surface area (TPSA) is 21.8 Å². The van der Waals surface area contributed by atoms with Crippen molar-refractivity contribution in [2.24, 2.45) is 0 Å². The van der Waals surface area contributed by atoms with Crippen LogP contribution in [0.3, 0.4) is 0 Å².